The van der Waals surface area contributed by atoms with Gasteiger partial charge >= 0.3 is 0 Å². The van der Waals surface area contributed by atoms with Crippen LogP contribution in [0, 0.1) is 0 Å². The highest BCUT2D eigenvalue weighted by Gasteiger charge is 2.50. The predicted molar refractivity (Wildman–Crippen MR) is 352 cm³/mol. The van der Waals surface area contributed by atoms with Crippen LogP contribution in [0.5, 0.6) is 0 Å². The van der Waals surface area contributed by atoms with E-state index in [1.54, 1.807) is 0 Å². The quantitative estimate of drug-likeness (QED) is 0.0421. The number of hydrogen-bond acceptors (Lipinski definition) is 0. The lowest BCUT2D eigenvalue weighted by Gasteiger charge is -2.57. The van der Waals surface area contributed by atoms with Gasteiger partial charge in [0.1, 0.15) is 0 Å². The van der Waals surface area contributed by atoms with Gasteiger partial charge < -0.3 is 4.48 Å². The van der Waals surface area contributed by atoms with Gasteiger partial charge in [-0.2, -0.15) is 0 Å². The first-order chi connectivity index (χ1) is 37.5. The summed E-state index contributed by atoms with van der Waals surface area (Å²) in [5, 5.41) is 0. The maximum atomic E-state index is 2.98. The molecule has 0 aliphatic rings. The van der Waals surface area contributed by atoms with E-state index in [0.717, 1.165) is 6.04 Å². The van der Waals surface area contributed by atoms with Crippen molar-refractivity contribution < 1.29 is 4.48 Å². The van der Waals surface area contributed by atoms with Crippen LogP contribution in [0.1, 0.15) is 459 Å². The molecule has 0 aliphatic carbocycles. The lowest BCUT2D eigenvalue weighted by Crippen LogP contribution is -2.67. The molecule has 1 unspecified atom stereocenters. The second-order valence-corrected chi connectivity index (χ2v) is 26.8. The van der Waals surface area contributed by atoms with Crippen molar-refractivity contribution >= 4 is 0 Å². The first-order valence-corrected chi connectivity index (χ1v) is 37.4. The van der Waals surface area contributed by atoms with E-state index in [2.05, 4.69) is 48.6 Å². The summed E-state index contributed by atoms with van der Waals surface area (Å²) >= 11 is 0. The van der Waals surface area contributed by atoms with E-state index in [0.29, 0.717) is 5.54 Å². The van der Waals surface area contributed by atoms with Crippen LogP contribution in [0.25, 0.3) is 0 Å². The molecule has 1 atom stereocenters. The Labute approximate surface area is 486 Å². The van der Waals surface area contributed by atoms with Crippen molar-refractivity contribution in [2.75, 3.05) is 13.6 Å². The number of quaternary nitrogens is 1. The molecular weight excluding hydrogens is 915 g/mol. The molecule has 76 heavy (non-hydrogen) atoms. The maximum Gasteiger partial charge on any atom is 0.0992 e. The van der Waals surface area contributed by atoms with Crippen molar-refractivity contribution in [1.29, 1.82) is 0 Å². The molecule has 0 saturated heterocycles. The Morgan fingerprint density at radius 1 is 0.197 bits per heavy atom. The van der Waals surface area contributed by atoms with Crippen LogP contribution >= 0.6 is 0 Å². The highest BCUT2D eigenvalue weighted by atomic mass is 15.4. The average Bonchev–Trinajstić information content (AvgIpc) is 3.43. The van der Waals surface area contributed by atoms with Crippen molar-refractivity contribution in [3.05, 3.63) is 0 Å². The van der Waals surface area contributed by atoms with Crippen molar-refractivity contribution in [2.45, 2.75) is 470 Å². The molecule has 0 bridgehead atoms. The molecule has 0 aromatic carbocycles. The predicted octanol–water partition coefficient (Wildman–Crippen LogP) is 28.0. The van der Waals surface area contributed by atoms with Gasteiger partial charge in [-0.15, -0.1) is 0 Å². The van der Waals surface area contributed by atoms with E-state index in [-0.39, 0.29) is 0 Å². The molecule has 458 valence electrons. The Bertz CT molecular complexity index is 949. The molecule has 0 rings (SSSR count). The molecule has 0 aromatic rings. The first-order valence-electron chi connectivity index (χ1n) is 37.4. The Kier molecular flexibility index (Phi) is 62.5. The van der Waals surface area contributed by atoms with E-state index in [1.165, 1.54) is 428 Å². The zero-order valence-corrected chi connectivity index (χ0v) is 55.2. The highest BCUT2D eigenvalue weighted by molar-refractivity contribution is 4.86. The Balaban J connectivity index is 6.84. The fourth-order valence-electron chi connectivity index (χ4n) is 14.1. The molecule has 1 nitrogen and oxygen atoms in total. The van der Waals surface area contributed by atoms with Crippen LogP contribution in [-0.4, -0.2) is 29.7 Å². The zero-order valence-electron chi connectivity index (χ0n) is 55.2. The van der Waals surface area contributed by atoms with Crippen LogP contribution in [0.3, 0.4) is 0 Å². The summed E-state index contributed by atoms with van der Waals surface area (Å²) in [5.74, 6) is 0. The molecule has 0 aromatic heterocycles. The van der Waals surface area contributed by atoms with Crippen LogP contribution in [0.2, 0.25) is 0 Å². The van der Waals surface area contributed by atoms with Crippen LogP contribution in [0.15, 0.2) is 0 Å². The third-order valence-corrected chi connectivity index (χ3v) is 19.6. The van der Waals surface area contributed by atoms with Gasteiger partial charge in [0.15, 0.2) is 0 Å². The third-order valence-electron chi connectivity index (χ3n) is 19.6. The van der Waals surface area contributed by atoms with Crippen molar-refractivity contribution in [1.82, 2.24) is 0 Å². The molecule has 0 fully saturated rings. The second-order valence-electron chi connectivity index (χ2n) is 26.8. The Hall–Kier alpha value is -0.0400. The summed E-state index contributed by atoms with van der Waals surface area (Å²) in [6.07, 6.45) is 95.6. The minimum atomic E-state index is 0.460. The normalized spacial score (nSPS) is 12.9. The van der Waals surface area contributed by atoms with Gasteiger partial charge in [-0.25, -0.2) is 0 Å². The molecule has 0 N–H and O–H groups in total. The fourth-order valence-corrected chi connectivity index (χ4v) is 14.1. The van der Waals surface area contributed by atoms with Gasteiger partial charge in [0.25, 0.3) is 0 Å². The molecule has 1 heteroatoms. The van der Waals surface area contributed by atoms with Gasteiger partial charge in [-0.05, 0) is 57.8 Å². The van der Waals surface area contributed by atoms with Crippen LogP contribution in [-0.2, 0) is 0 Å². The molecular formula is C75H154N+. The maximum absolute atomic E-state index is 2.98. The minimum Gasteiger partial charge on any atom is -0.319 e. The summed E-state index contributed by atoms with van der Waals surface area (Å²) in [4.78, 5) is 0. The van der Waals surface area contributed by atoms with E-state index in [4.69, 9.17) is 0 Å². The zero-order chi connectivity index (χ0) is 55.2. The lowest BCUT2D eigenvalue weighted by molar-refractivity contribution is -0.983. The third kappa shape index (κ3) is 47.6. The SMILES string of the molecule is CCCCCCCCCCCCC(CCCCCCCCCCCC)[N+](C)(CCCCCCCCCCCC)C(CCCCCCCCCCCC)(CCCCCCCCCCCC)CCCCCCCCCCCC. The fraction of sp³-hybridized carbons (Fsp3) is 1.00. The summed E-state index contributed by atoms with van der Waals surface area (Å²) in [6.45, 7) is 15.7. The number of rotatable bonds is 68. The number of nitrogens with zero attached hydrogens (tertiary/aromatic N) is 1. The second kappa shape index (κ2) is 62.6. The summed E-state index contributed by atoms with van der Waals surface area (Å²) in [7, 11) is 2.98. The minimum absolute atomic E-state index is 0.460. The molecule has 0 heterocycles. The van der Waals surface area contributed by atoms with Gasteiger partial charge in [0.05, 0.1) is 25.2 Å². The molecule has 0 radical (unpaired) electrons. The Morgan fingerprint density at radius 2 is 0.355 bits per heavy atom. The van der Waals surface area contributed by atoms with Crippen molar-refractivity contribution in [3.8, 4) is 0 Å². The van der Waals surface area contributed by atoms with E-state index in [1.807, 2.05) is 0 Å². The van der Waals surface area contributed by atoms with Crippen LogP contribution < -0.4 is 0 Å². The van der Waals surface area contributed by atoms with E-state index < -0.39 is 0 Å². The number of hydrogen-bond donors (Lipinski definition) is 0. The summed E-state index contributed by atoms with van der Waals surface area (Å²) in [5.41, 5.74) is 0.460. The monoisotopic (exact) mass is 1070 g/mol. The van der Waals surface area contributed by atoms with Gasteiger partial charge in [0, 0.05) is 19.3 Å². The first kappa shape index (κ1) is 76.0. The molecule has 0 saturated carbocycles. The topological polar surface area (TPSA) is 0 Å². The van der Waals surface area contributed by atoms with Crippen molar-refractivity contribution in [3.63, 3.8) is 0 Å². The van der Waals surface area contributed by atoms with Crippen molar-refractivity contribution in [2.24, 2.45) is 0 Å². The average molecular weight is 1070 g/mol. The van der Waals surface area contributed by atoms with Gasteiger partial charge in [0.2, 0.25) is 0 Å². The van der Waals surface area contributed by atoms with E-state index in [9.17, 15) is 0 Å². The van der Waals surface area contributed by atoms with Crippen LogP contribution in [0.4, 0.5) is 0 Å². The summed E-state index contributed by atoms with van der Waals surface area (Å²) < 4.78 is 1.46. The largest absolute Gasteiger partial charge is 0.319 e. The Morgan fingerprint density at radius 3 is 0.553 bits per heavy atom. The smallest absolute Gasteiger partial charge is 0.0992 e. The van der Waals surface area contributed by atoms with E-state index >= 15 is 0 Å². The molecule has 0 spiro atoms. The lowest BCUT2D eigenvalue weighted by atomic mass is 9.75. The highest BCUT2D eigenvalue weighted by Crippen LogP contribution is 2.44. The standard InChI is InChI=1S/C75H154N/c1-8-14-20-26-32-38-44-50-56-62-68-74(69-63-57-51-45-39-33-27-21-15-9-2)76(7,73-67-61-55-49-43-37-31-25-19-13-6)75(70-64-58-52-46-40-34-28-22-16-10-3,71-65-59-53-47-41-35-29-23-17-11-4)72-66-60-54-48-42-36-30-24-18-12-5/h74H,8-73H2,1-7H3/q+1. The molecule has 0 amide bonds. The van der Waals surface area contributed by atoms with Gasteiger partial charge in [-0.1, -0.05) is 382 Å². The number of unbranched alkanes of at least 4 members (excludes halogenated alkanes) is 54. The summed E-state index contributed by atoms with van der Waals surface area (Å²) in [6, 6.07) is 0.857. The van der Waals surface area contributed by atoms with Gasteiger partial charge in [-0.3, -0.25) is 0 Å². The molecule has 0 aliphatic heterocycles.